The van der Waals surface area contributed by atoms with Gasteiger partial charge in [0, 0.05) is 24.9 Å². The average Bonchev–Trinajstić information content (AvgIpc) is 3.68. The van der Waals surface area contributed by atoms with Gasteiger partial charge < -0.3 is 10.2 Å². The highest BCUT2D eigenvalue weighted by Gasteiger charge is 2.36. The number of Topliss-reactive ketones (excluding diaryl/α,β-unsaturated/α-hetero) is 1. The summed E-state index contributed by atoms with van der Waals surface area (Å²) in [6, 6.07) is 4.44. The van der Waals surface area contributed by atoms with Crippen molar-refractivity contribution >= 4 is 17.6 Å². The lowest BCUT2D eigenvalue weighted by Crippen LogP contribution is -2.48. The quantitative estimate of drug-likeness (QED) is 0.638. The van der Waals surface area contributed by atoms with Gasteiger partial charge in [0.2, 0.25) is 5.91 Å². The van der Waals surface area contributed by atoms with Crippen molar-refractivity contribution in [3.63, 3.8) is 0 Å². The molecule has 1 unspecified atom stereocenters. The Morgan fingerprint density at radius 2 is 1.64 bits per heavy atom. The summed E-state index contributed by atoms with van der Waals surface area (Å²) in [6.07, 6.45) is 8.52. The first-order chi connectivity index (χ1) is 15.9. The summed E-state index contributed by atoms with van der Waals surface area (Å²) in [5.41, 5.74) is 0.562. The van der Waals surface area contributed by atoms with E-state index in [1.165, 1.54) is 6.07 Å². The first kappa shape index (κ1) is 23.9. The largest absolute Gasteiger partial charge is 0.342 e. The van der Waals surface area contributed by atoms with E-state index >= 15 is 4.39 Å². The molecular weight excluding hydrogens is 419 g/mol. The van der Waals surface area contributed by atoms with Crippen LogP contribution in [0.1, 0.15) is 93.5 Å². The lowest BCUT2D eigenvalue weighted by atomic mass is 9.80. The summed E-state index contributed by atoms with van der Waals surface area (Å²) in [4.78, 5) is 40.3. The fourth-order valence-electron chi connectivity index (χ4n) is 5.51. The van der Waals surface area contributed by atoms with E-state index in [9.17, 15) is 14.4 Å². The predicted molar refractivity (Wildman–Crippen MR) is 125 cm³/mol. The molecule has 1 saturated heterocycles. The number of likely N-dealkylation sites (tertiary alicyclic amines) is 1. The highest BCUT2D eigenvalue weighted by atomic mass is 19.1. The van der Waals surface area contributed by atoms with Crippen LogP contribution in [0.5, 0.6) is 0 Å². The van der Waals surface area contributed by atoms with E-state index in [4.69, 9.17) is 0 Å². The third-order valence-electron chi connectivity index (χ3n) is 7.73. The van der Waals surface area contributed by atoms with Gasteiger partial charge in [0.1, 0.15) is 5.82 Å². The number of carbonyl (C=O) groups excluding carboxylic acids is 3. The second-order valence-corrected chi connectivity index (χ2v) is 10.5. The molecule has 0 bridgehead atoms. The maximum absolute atomic E-state index is 15.5. The molecule has 5 nitrogen and oxygen atoms in total. The highest BCUT2D eigenvalue weighted by molar-refractivity contribution is 5.98. The van der Waals surface area contributed by atoms with Crippen LogP contribution in [0.3, 0.4) is 0 Å². The van der Waals surface area contributed by atoms with Gasteiger partial charge in [0.05, 0.1) is 11.6 Å². The van der Waals surface area contributed by atoms with Crippen LogP contribution in [0.2, 0.25) is 0 Å². The second kappa shape index (κ2) is 10.4. The van der Waals surface area contributed by atoms with E-state index in [-0.39, 0.29) is 40.9 Å². The monoisotopic (exact) mass is 456 g/mol. The van der Waals surface area contributed by atoms with E-state index in [2.05, 4.69) is 5.32 Å². The zero-order valence-electron chi connectivity index (χ0n) is 19.9. The lowest BCUT2D eigenvalue weighted by Gasteiger charge is -2.33. The van der Waals surface area contributed by atoms with Crippen molar-refractivity contribution in [1.29, 1.82) is 0 Å². The molecule has 33 heavy (non-hydrogen) atoms. The van der Waals surface area contributed by atoms with Gasteiger partial charge in [-0.15, -0.1) is 0 Å². The molecule has 2 aliphatic carbocycles. The van der Waals surface area contributed by atoms with Gasteiger partial charge in [0.25, 0.3) is 5.91 Å². The van der Waals surface area contributed by atoms with Gasteiger partial charge in [-0.05, 0) is 62.0 Å². The molecule has 1 aromatic carbocycles. The number of carbonyl (C=O) groups is 3. The van der Waals surface area contributed by atoms with Crippen LogP contribution in [0.25, 0.3) is 0 Å². The van der Waals surface area contributed by atoms with E-state index < -0.39 is 17.8 Å². The molecule has 1 heterocycles. The third-order valence-corrected chi connectivity index (χ3v) is 7.73. The second-order valence-electron chi connectivity index (χ2n) is 10.5. The lowest BCUT2D eigenvalue weighted by molar-refractivity contribution is -0.133. The number of nitrogens with zero attached hydrogens (tertiary/aromatic N) is 1. The Kier molecular flexibility index (Phi) is 7.50. The molecule has 180 valence electrons. The van der Waals surface area contributed by atoms with E-state index in [0.29, 0.717) is 31.5 Å². The normalized spacial score (nSPS) is 21.2. The molecule has 0 spiro atoms. The SMILES string of the molecule is CC(C)C(=O)C(NC(=O)c1cccc(C2CCN(C(=O)C3CC3)CC2)c1F)C1CCCCC1. The number of amides is 2. The topological polar surface area (TPSA) is 66.5 Å². The standard InChI is InChI=1S/C27H37FN2O3/c1-17(2)25(31)24(19-7-4-3-5-8-19)29-26(32)22-10-6-9-21(23(22)28)18-13-15-30(16-14-18)27(33)20-11-12-20/h6,9-10,17-20,24H,3-5,7-8,11-16H2,1-2H3,(H,29,32). The minimum atomic E-state index is -0.558. The van der Waals surface area contributed by atoms with Crippen molar-refractivity contribution in [2.75, 3.05) is 13.1 Å². The van der Waals surface area contributed by atoms with Crippen LogP contribution in [0, 0.1) is 23.6 Å². The van der Waals surface area contributed by atoms with Gasteiger partial charge in [-0.25, -0.2) is 4.39 Å². The predicted octanol–water partition coefficient (Wildman–Crippen LogP) is 4.85. The Morgan fingerprint density at radius 1 is 0.970 bits per heavy atom. The summed E-state index contributed by atoms with van der Waals surface area (Å²) >= 11 is 0. The number of piperidine rings is 1. The summed E-state index contributed by atoms with van der Waals surface area (Å²) in [5.74, 6) is -0.579. The molecular formula is C27H37FN2O3. The first-order valence-corrected chi connectivity index (χ1v) is 12.8. The molecule has 1 atom stereocenters. The van der Waals surface area contributed by atoms with E-state index in [0.717, 1.165) is 44.9 Å². The minimum absolute atomic E-state index is 0.00700. The van der Waals surface area contributed by atoms with Crippen LogP contribution in [-0.4, -0.2) is 41.6 Å². The van der Waals surface area contributed by atoms with Crippen molar-refractivity contribution in [2.45, 2.75) is 83.6 Å². The zero-order valence-corrected chi connectivity index (χ0v) is 19.9. The molecule has 3 aliphatic rings. The van der Waals surface area contributed by atoms with Gasteiger partial charge in [0.15, 0.2) is 5.78 Å². The molecule has 0 aromatic heterocycles. The Balaban J connectivity index is 1.46. The Morgan fingerprint density at radius 3 is 2.24 bits per heavy atom. The number of benzene rings is 1. The third kappa shape index (κ3) is 5.47. The van der Waals surface area contributed by atoms with Crippen molar-refractivity contribution in [2.24, 2.45) is 17.8 Å². The number of hydrogen-bond donors (Lipinski definition) is 1. The van der Waals surface area contributed by atoms with E-state index in [1.54, 1.807) is 12.1 Å². The Bertz CT molecular complexity index is 881. The zero-order chi connectivity index (χ0) is 23.5. The van der Waals surface area contributed by atoms with Crippen molar-refractivity contribution < 1.29 is 18.8 Å². The van der Waals surface area contributed by atoms with Crippen LogP contribution in [0.4, 0.5) is 4.39 Å². The first-order valence-electron chi connectivity index (χ1n) is 12.8. The fourth-order valence-corrected chi connectivity index (χ4v) is 5.51. The molecule has 1 aliphatic heterocycles. The number of halogens is 1. The van der Waals surface area contributed by atoms with Crippen molar-refractivity contribution in [3.05, 3.63) is 35.1 Å². The Hall–Kier alpha value is -2.24. The molecule has 3 fully saturated rings. The molecule has 1 aromatic rings. The number of rotatable bonds is 7. The minimum Gasteiger partial charge on any atom is -0.342 e. The molecule has 1 N–H and O–H groups in total. The average molecular weight is 457 g/mol. The van der Waals surface area contributed by atoms with Crippen LogP contribution >= 0.6 is 0 Å². The summed E-state index contributed by atoms with van der Waals surface area (Å²) in [5, 5.41) is 2.92. The maximum atomic E-state index is 15.5. The van der Waals surface area contributed by atoms with E-state index in [1.807, 2.05) is 18.7 Å². The number of hydrogen-bond acceptors (Lipinski definition) is 3. The highest BCUT2D eigenvalue weighted by Crippen LogP contribution is 2.35. The van der Waals surface area contributed by atoms with Gasteiger partial charge in [-0.2, -0.15) is 0 Å². The van der Waals surface area contributed by atoms with Crippen molar-refractivity contribution in [1.82, 2.24) is 10.2 Å². The number of ketones is 1. The number of nitrogens with one attached hydrogen (secondary N) is 1. The smallest absolute Gasteiger partial charge is 0.254 e. The van der Waals surface area contributed by atoms with Gasteiger partial charge in [-0.1, -0.05) is 45.2 Å². The maximum Gasteiger partial charge on any atom is 0.254 e. The van der Waals surface area contributed by atoms with Crippen LogP contribution in [-0.2, 0) is 9.59 Å². The summed E-state index contributed by atoms with van der Waals surface area (Å²) in [6.45, 7) is 4.99. The molecule has 4 rings (SSSR count). The van der Waals surface area contributed by atoms with Crippen LogP contribution < -0.4 is 5.32 Å². The fraction of sp³-hybridized carbons (Fsp3) is 0.667. The molecule has 2 amide bonds. The summed E-state index contributed by atoms with van der Waals surface area (Å²) < 4.78 is 15.5. The van der Waals surface area contributed by atoms with Crippen molar-refractivity contribution in [3.8, 4) is 0 Å². The Labute approximate surface area is 196 Å². The van der Waals surface area contributed by atoms with Gasteiger partial charge in [-0.3, -0.25) is 14.4 Å². The van der Waals surface area contributed by atoms with Crippen LogP contribution in [0.15, 0.2) is 18.2 Å². The molecule has 0 radical (unpaired) electrons. The van der Waals surface area contributed by atoms with Gasteiger partial charge >= 0.3 is 0 Å². The summed E-state index contributed by atoms with van der Waals surface area (Å²) in [7, 11) is 0. The molecule has 6 heteroatoms. The molecule has 2 saturated carbocycles.